The van der Waals surface area contributed by atoms with Gasteiger partial charge in [-0.25, -0.2) is 9.78 Å². The van der Waals surface area contributed by atoms with Gasteiger partial charge in [0.15, 0.2) is 11.2 Å². The van der Waals surface area contributed by atoms with Gasteiger partial charge in [0.05, 0.1) is 6.33 Å². The van der Waals surface area contributed by atoms with Crippen molar-refractivity contribution >= 4 is 22.9 Å². The van der Waals surface area contributed by atoms with Gasteiger partial charge in [-0.2, -0.15) is 4.09 Å². The van der Waals surface area contributed by atoms with Crippen LogP contribution in [0.4, 0.5) is 0 Å². The molecule has 7 heteroatoms. The van der Waals surface area contributed by atoms with Crippen molar-refractivity contribution in [2.45, 2.75) is 0 Å². The lowest BCUT2D eigenvalue weighted by Gasteiger charge is -2.00. The van der Waals surface area contributed by atoms with Gasteiger partial charge in [0.2, 0.25) is 0 Å². The summed E-state index contributed by atoms with van der Waals surface area (Å²) in [5, 5.41) is 0. The fourth-order valence-electron chi connectivity index (χ4n) is 1.31. The summed E-state index contributed by atoms with van der Waals surface area (Å²) in [7, 11) is 3.17. The highest BCUT2D eigenvalue weighted by Crippen LogP contribution is 2.02. The van der Waals surface area contributed by atoms with Crippen molar-refractivity contribution in [3.05, 3.63) is 27.2 Å². The van der Waals surface area contributed by atoms with E-state index in [9.17, 15) is 9.59 Å². The number of rotatable bonds is 0. The molecule has 2 rings (SSSR count). The highest BCUT2D eigenvalue weighted by atomic mass is 35.5. The third-order valence-electron chi connectivity index (χ3n) is 2.07. The summed E-state index contributed by atoms with van der Waals surface area (Å²) in [6.07, 6.45) is 1.46. The highest BCUT2D eigenvalue weighted by molar-refractivity contribution is 6.15. The first-order valence-electron chi connectivity index (χ1n) is 3.83. The molecule has 0 aromatic carbocycles. The van der Waals surface area contributed by atoms with Gasteiger partial charge in [0, 0.05) is 25.9 Å². The number of fused-ring (bicyclic) bond motifs is 1. The Kier molecular flexibility index (Phi) is 1.75. The average molecular weight is 215 g/mol. The Balaban J connectivity index is 3.22. The van der Waals surface area contributed by atoms with Crippen LogP contribution in [0.2, 0.25) is 0 Å². The SMILES string of the molecule is Cn1cnc2c1c(=O)n(Cl)c(=O)n2C. The van der Waals surface area contributed by atoms with E-state index in [-0.39, 0.29) is 0 Å². The fraction of sp³-hybridized carbons (Fsp3) is 0.286. The Bertz CT molecular complexity index is 621. The van der Waals surface area contributed by atoms with Crippen LogP contribution in [0.5, 0.6) is 0 Å². The molecule has 0 radical (unpaired) electrons. The van der Waals surface area contributed by atoms with Crippen molar-refractivity contribution in [3.63, 3.8) is 0 Å². The third-order valence-corrected chi connectivity index (χ3v) is 2.37. The lowest BCUT2D eigenvalue weighted by molar-refractivity contribution is 0.802. The van der Waals surface area contributed by atoms with E-state index in [1.807, 2.05) is 0 Å². The topological polar surface area (TPSA) is 61.8 Å². The molecule has 0 atom stereocenters. The molecule has 0 aliphatic heterocycles. The van der Waals surface area contributed by atoms with Crippen LogP contribution in [0.3, 0.4) is 0 Å². The molecule has 0 amide bonds. The number of aryl methyl sites for hydroxylation is 2. The van der Waals surface area contributed by atoms with Gasteiger partial charge < -0.3 is 4.57 Å². The average Bonchev–Trinajstić information content (AvgIpc) is 2.54. The molecule has 14 heavy (non-hydrogen) atoms. The van der Waals surface area contributed by atoms with E-state index in [2.05, 4.69) is 4.98 Å². The summed E-state index contributed by atoms with van der Waals surface area (Å²) in [6, 6.07) is 0. The third kappa shape index (κ3) is 0.941. The van der Waals surface area contributed by atoms with Crippen LogP contribution in [0.15, 0.2) is 15.9 Å². The molecular weight excluding hydrogens is 208 g/mol. The number of halogens is 1. The molecule has 0 fully saturated rings. The summed E-state index contributed by atoms with van der Waals surface area (Å²) in [6.45, 7) is 0. The number of imidazole rings is 1. The second kappa shape index (κ2) is 2.71. The molecule has 2 aromatic heterocycles. The number of hydrogen-bond acceptors (Lipinski definition) is 3. The van der Waals surface area contributed by atoms with Crippen LogP contribution in [0, 0.1) is 0 Å². The quantitative estimate of drug-likeness (QED) is 0.591. The van der Waals surface area contributed by atoms with Crippen molar-refractivity contribution < 1.29 is 0 Å². The molecule has 0 aliphatic carbocycles. The van der Waals surface area contributed by atoms with Crippen molar-refractivity contribution in [2.24, 2.45) is 14.1 Å². The zero-order valence-corrected chi connectivity index (χ0v) is 8.32. The lowest BCUT2D eigenvalue weighted by Crippen LogP contribution is -2.34. The number of aromatic nitrogens is 4. The van der Waals surface area contributed by atoms with Gasteiger partial charge in [0.25, 0.3) is 5.56 Å². The second-order valence-corrected chi connectivity index (χ2v) is 3.29. The van der Waals surface area contributed by atoms with E-state index < -0.39 is 11.2 Å². The second-order valence-electron chi connectivity index (χ2n) is 2.96. The maximum Gasteiger partial charge on any atom is 0.347 e. The van der Waals surface area contributed by atoms with E-state index in [0.29, 0.717) is 15.3 Å². The minimum atomic E-state index is -0.595. The van der Waals surface area contributed by atoms with Crippen LogP contribution in [-0.4, -0.2) is 18.2 Å². The maximum atomic E-state index is 11.5. The lowest BCUT2D eigenvalue weighted by atomic mass is 10.5. The van der Waals surface area contributed by atoms with Crippen molar-refractivity contribution in [2.75, 3.05) is 0 Å². The zero-order chi connectivity index (χ0) is 10.5. The van der Waals surface area contributed by atoms with Gasteiger partial charge in [-0.3, -0.25) is 9.36 Å². The van der Waals surface area contributed by atoms with E-state index in [4.69, 9.17) is 11.8 Å². The smallest absolute Gasteiger partial charge is 0.328 e. The summed E-state index contributed by atoms with van der Waals surface area (Å²) in [4.78, 5) is 26.8. The molecule has 2 aromatic rings. The molecule has 0 saturated heterocycles. The molecule has 0 spiro atoms. The standard InChI is InChI=1S/C7H7ClN4O2/c1-10-3-9-5-4(10)6(13)12(8)7(14)11(5)2/h3H,1-2H3. The molecule has 0 N–H and O–H groups in total. The van der Waals surface area contributed by atoms with Gasteiger partial charge >= 0.3 is 5.69 Å². The van der Waals surface area contributed by atoms with Crippen LogP contribution in [0.25, 0.3) is 11.2 Å². The Hall–Kier alpha value is -1.56. The molecule has 0 saturated carbocycles. The van der Waals surface area contributed by atoms with E-state index in [1.54, 1.807) is 7.05 Å². The van der Waals surface area contributed by atoms with Gasteiger partial charge in [-0.1, -0.05) is 0 Å². The number of nitrogens with zero attached hydrogens (tertiary/aromatic N) is 4. The Morgan fingerprint density at radius 3 is 2.64 bits per heavy atom. The van der Waals surface area contributed by atoms with Crippen LogP contribution >= 0.6 is 11.8 Å². The van der Waals surface area contributed by atoms with Crippen molar-refractivity contribution in [3.8, 4) is 0 Å². The fourth-order valence-corrected chi connectivity index (χ4v) is 1.51. The van der Waals surface area contributed by atoms with Crippen molar-refractivity contribution in [1.82, 2.24) is 18.2 Å². The van der Waals surface area contributed by atoms with E-state index in [1.165, 1.54) is 22.5 Å². The molecule has 2 heterocycles. The first-order valence-corrected chi connectivity index (χ1v) is 4.17. The predicted octanol–water partition coefficient (Wildman–Crippen LogP) is -0.564. The minimum absolute atomic E-state index is 0.308. The first kappa shape index (κ1) is 9.01. The first-order chi connectivity index (χ1) is 6.54. The largest absolute Gasteiger partial charge is 0.347 e. The molecule has 6 nitrogen and oxygen atoms in total. The summed E-state index contributed by atoms with van der Waals surface area (Å²) < 4.78 is 3.30. The molecule has 0 bridgehead atoms. The normalized spacial score (nSPS) is 11.1. The summed E-state index contributed by atoms with van der Waals surface area (Å²) in [5.41, 5.74) is -0.505. The van der Waals surface area contributed by atoms with Crippen LogP contribution < -0.4 is 11.2 Å². The van der Waals surface area contributed by atoms with Crippen LogP contribution in [-0.2, 0) is 14.1 Å². The molecular formula is C7H7ClN4O2. The predicted molar refractivity (Wildman–Crippen MR) is 51.5 cm³/mol. The van der Waals surface area contributed by atoms with E-state index >= 15 is 0 Å². The zero-order valence-electron chi connectivity index (χ0n) is 7.56. The van der Waals surface area contributed by atoms with E-state index in [0.717, 1.165) is 0 Å². The molecule has 74 valence electrons. The Labute approximate surface area is 83.1 Å². The Morgan fingerprint density at radius 2 is 2.00 bits per heavy atom. The van der Waals surface area contributed by atoms with Gasteiger partial charge in [-0.15, -0.1) is 0 Å². The monoisotopic (exact) mass is 214 g/mol. The van der Waals surface area contributed by atoms with Gasteiger partial charge in [-0.05, 0) is 0 Å². The van der Waals surface area contributed by atoms with Crippen LogP contribution in [0.1, 0.15) is 0 Å². The summed E-state index contributed by atoms with van der Waals surface area (Å²) >= 11 is 5.52. The molecule has 0 unspecified atom stereocenters. The van der Waals surface area contributed by atoms with Crippen molar-refractivity contribution in [1.29, 1.82) is 0 Å². The summed E-state index contributed by atoms with van der Waals surface area (Å²) in [5.74, 6) is 0. The molecule has 0 aliphatic rings. The highest BCUT2D eigenvalue weighted by Gasteiger charge is 2.12. The Morgan fingerprint density at radius 1 is 1.36 bits per heavy atom. The van der Waals surface area contributed by atoms with Gasteiger partial charge in [0.1, 0.15) is 0 Å². The minimum Gasteiger partial charge on any atom is -0.328 e. The number of hydrogen-bond donors (Lipinski definition) is 0. The maximum absolute atomic E-state index is 11.5.